The zero-order chi connectivity index (χ0) is 16.5. The highest BCUT2D eigenvalue weighted by Crippen LogP contribution is 2.23. The Bertz CT molecular complexity index is 524. The lowest BCUT2D eigenvalue weighted by atomic mass is 10.1. The first-order valence-electron chi connectivity index (χ1n) is 6.70. The number of carbonyl (C=O) groups excluding carboxylic acids is 2. The minimum Gasteiger partial charge on any atom is -0.496 e. The summed E-state index contributed by atoms with van der Waals surface area (Å²) in [4.78, 5) is 23.9. The van der Waals surface area contributed by atoms with E-state index < -0.39 is 12.0 Å². The zero-order valence-electron chi connectivity index (χ0n) is 12.8. The molecule has 1 rings (SSSR count). The minimum absolute atomic E-state index is 0.0799. The molecule has 1 aromatic carbocycles. The number of hydrogen-bond acceptors (Lipinski definition) is 5. The summed E-state index contributed by atoms with van der Waals surface area (Å²) in [5.41, 5.74) is 0.668. The Hall–Kier alpha value is -1.40. The molecule has 0 radical (unpaired) electrons. The van der Waals surface area contributed by atoms with Crippen molar-refractivity contribution in [3.63, 3.8) is 0 Å². The van der Waals surface area contributed by atoms with Crippen molar-refractivity contribution in [2.45, 2.75) is 18.9 Å². The highest BCUT2D eigenvalue weighted by molar-refractivity contribution is 7.98. The van der Waals surface area contributed by atoms with Crippen LogP contribution in [-0.4, -0.2) is 44.1 Å². The Morgan fingerprint density at radius 3 is 2.68 bits per heavy atom. The molecule has 0 unspecified atom stereocenters. The second-order valence-corrected chi connectivity index (χ2v) is 5.98. The molecule has 0 fully saturated rings. The average Bonchev–Trinajstić information content (AvgIpc) is 2.50. The van der Waals surface area contributed by atoms with Gasteiger partial charge in [0.1, 0.15) is 11.8 Å². The van der Waals surface area contributed by atoms with Crippen molar-refractivity contribution in [1.29, 1.82) is 0 Å². The van der Waals surface area contributed by atoms with E-state index in [0.717, 1.165) is 5.75 Å². The maximum Gasteiger partial charge on any atom is 0.328 e. The van der Waals surface area contributed by atoms with Gasteiger partial charge in [-0.15, -0.1) is 0 Å². The fourth-order valence-electron chi connectivity index (χ4n) is 1.93. The van der Waals surface area contributed by atoms with Crippen molar-refractivity contribution in [2.75, 3.05) is 26.2 Å². The Labute approximate surface area is 139 Å². The SMILES string of the molecule is COC(=O)[C@@H](CCSC)NC(=O)Cc1cc(Cl)ccc1OC. The molecule has 0 saturated carbocycles. The average molecular weight is 346 g/mol. The number of rotatable bonds is 8. The number of amides is 1. The van der Waals surface area contributed by atoms with Crippen LogP contribution in [0, 0.1) is 0 Å². The molecule has 5 nitrogen and oxygen atoms in total. The van der Waals surface area contributed by atoms with E-state index in [2.05, 4.69) is 5.32 Å². The summed E-state index contributed by atoms with van der Waals surface area (Å²) in [7, 11) is 2.83. The van der Waals surface area contributed by atoms with Gasteiger partial charge in [-0.25, -0.2) is 4.79 Å². The van der Waals surface area contributed by atoms with Gasteiger partial charge in [-0.1, -0.05) is 11.6 Å². The van der Waals surface area contributed by atoms with Crippen LogP contribution in [0.1, 0.15) is 12.0 Å². The molecule has 0 aromatic heterocycles. The van der Waals surface area contributed by atoms with Gasteiger partial charge in [0.25, 0.3) is 0 Å². The van der Waals surface area contributed by atoms with Crippen LogP contribution in [0.25, 0.3) is 0 Å². The molecule has 0 saturated heterocycles. The Kier molecular flexibility index (Phi) is 8.12. The van der Waals surface area contributed by atoms with E-state index in [-0.39, 0.29) is 12.3 Å². The molecule has 0 heterocycles. The normalized spacial score (nSPS) is 11.6. The molecule has 1 aromatic rings. The van der Waals surface area contributed by atoms with Crippen molar-refractivity contribution in [1.82, 2.24) is 5.32 Å². The van der Waals surface area contributed by atoms with Gasteiger partial charge < -0.3 is 14.8 Å². The standard InChI is InChI=1S/C15H20ClNO4S/c1-20-13-5-4-11(16)8-10(13)9-14(18)17-12(6-7-22-3)15(19)21-2/h4-5,8,12H,6-7,9H2,1-3H3,(H,17,18)/t12-/m1/s1. The van der Waals surface area contributed by atoms with Crippen LogP contribution in [0.15, 0.2) is 18.2 Å². The summed E-state index contributed by atoms with van der Waals surface area (Å²) in [5.74, 6) is 0.608. The minimum atomic E-state index is -0.643. The maximum absolute atomic E-state index is 12.2. The molecule has 1 N–H and O–H groups in total. The smallest absolute Gasteiger partial charge is 0.328 e. The topological polar surface area (TPSA) is 64.6 Å². The van der Waals surface area contributed by atoms with E-state index in [9.17, 15) is 9.59 Å². The number of benzene rings is 1. The fourth-order valence-corrected chi connectivity index (χ4v) is 2.60. The van der Waals surface area contributed by atoms with Gasteiger partial charge in [-0.2, -0.15) is 11.8 Å². The molecule has 0 bridgehead atoms. The number of thioether (sulfide) groups is 1. The van der Waals surface area contributed by atoms with E-state index >= 15 is 0 Å². The predicted molar refractivity (Wildman–Crippen MR) is 88.7 cm³/mol. The first-order chi connectivity index (χ1) is 10.5. The second-order valence-electron chi connectivity index (χ2n) is 4.56. The summed E-state index contributed by atoms with van der Waals surface area (Å²) in [5, 5.41) is 3.22. The summed E-state index contributed by atoms with van der Waals surface area (Å²) < 4.78 is 9.92. The van der Waals surface area contributed by atoms with Gasteiger partial charge in [-0.05, 0) is 36.6 Å². The van der Waals surface area contributed by atoms with E-state index in [1.807, 2.05) is 6.26 Å². The van der Waals surface area contributed by atoms with Crippen molar-refractivity contribution < 1.29 is 19.1 Å². The van der Waals surface area contributed by atoms with Crippen molar-refractivity contribution in [2.24, 2.45) is 0 Å². The van der Waals surface area contributed by atoms with Crippen LogP contribution in [0.2, 0.25) is 5.02 Å². The lowest BCUT2D eigenvalue weighted by Crippen LogP contribution is -2.42. The molecule has 0 spiro atoms. The number of carbonyl (C=O) groups is 2. The number of methoxy groups -OCH3 is 2. The van der Waals surface area contributed by atoms with E-state index in [1.54, 1.807) is 30.0 Å². The maximum atomic E-state index is 12.2. The quantitative estimate of drug-likeness (QED) is 0.732. The van der Waals surface area contributed by atoms with Gasteiger partial charge in [0, 0.05) is 10.6 Å². The molecule has 1 amide bonds. The summed E-state index contributed by atoms with van der Waals surface area (Å²) >= 11 is 7.54. The first-order valence-corrected chi connectivity index (χ1v) is 8.47. The van der Waals surface area contributed by atoms with Gasteiger partial charge in [0.15, 0.2) is 0 Å². The Morgan fingerprint density at radius 2 is 2.09 bits per heavy atom. The lowest BCUT2D eigenvalue weighted by molar-refractivity contribution is -0.145. The van der Waals surface area contributed by atoms with Crippen LogP contribution in [0.4, 0.5) is 0 Å². The molecule has 22 heavy (non-hydrogen) atoms. The van der Waals surface area contributed by atoms with Gasteiger partial charge in [0.05, 0.1) is 20.6 Å². The van der Waals surface area contributed by atoms with Crippen LogP contribution < -0.4 is 10.1 Å². The molecular formula is C15H20ClNO4S. The highest BCUT2D eigenvalue weighted by Gasteiger charge is 2.21. The molecule has 0 aliphatic rings. The van der Waals surface area contributed by atoms with E-state index in [1.165, 1.54) is 14.2 Å². The summed E-state index contributed by atoms with van der Waals surface area (Å²) in [6, 6.07) is 4.43. The van der Waals surface area contributed by atoms with Gasteiger partial charge >= 0.3 is 5.97 Å². The van der Waals surface area contributed by atoms with Crippen molar-refractivity contribution in [3.05, 3.63) is 28.8 Å². The first kappa shape index (κ1) is 18.6. The summed E-state index contributed by atoms with van der Waals surface area (Å²) in [6.45, 7) is 0. The molecule has 0 aliphatic heterocycles. The molecule has 122 valence electrons. The predicted octanol–water partition coefficient (Wildman–Crippen LogP) is 2.30. The largest absolute Gasteiger partial charge is 0.496 e. The van der Waals surface area contributed by atoms with Crippen molar-refractivity contribution in [3.8, 4) is 5.75 Å². The number of ether oxygens (including phenoxy) is 2. The second kappa shape index (κ2) is 9.58. The highest BCUT2D eigenvalue weighted by atomic mass is 35.5. The van der Waals surface area contributed by atoms with Crippen LogP contribution in [-0.2, 0) is 20.7 Å². The number of hydrogen-bond donors (Lipinski definition) is 1. The lowest BCUT2D eigenvalue weighted by Gasteiger charge is -2.16. The van der Waals surface area contributed by atoms with Crippen LogP contribution in [0.5, 0.6) is 5.75 Å². The summed E-state index contributed by atoms with van der Waals surface area (Å²) in [6.07, 6.45) is 2.54. The third kappa shape index (κ3) is 5.77. The van der Waals surface area contributed by atoms with E-state index in [0.29, 0.717) is 22.8 Å². The van der Waals surface area contributed by atoms with E-state index in [4.69, 9.17) is 21.1 Å². The number of esters is 1. The van der Waals surface area contributed by atoms with Gasteiger partial charge in [-0.3, -0.25) is 4.79 Å². The Morgan fingerprint density at radius 1 is 1.36 bits per heavy atom. The van der Waals surface area contributed by atoms with Gasteiger partial charge in [0.2, 0.25) is 5.91 Å². The Balaban J connectivity index is 2.74. The van der Waals surface area contributed by atoms with Crippen LogP contribution in [0.3, 0.4) is 0 Å². The molecule has 7 heteroatoms. The zero-order valence-corrected chi connectivity index (χ0v) is 14.4. The third-order valence-electron chi connectivity index (χ3n) is 3.03. The number of nitrogens with one attached hydrogen (secondary N) is 1. The monoisotopic (exact) mass is 345 g/mol. The fraction of sp³-hybridized carbons (Fsp3) is 0.467. The molecular weight excluding hydrogens is 326 g/mol. The molecule has 0 aliphatic carbocycles. The third-order valence-corrected chi connectivity index (χ3v) is 3.90. The number of halogens is 1. The molecule has 1 atom stereocenters. The van der Waals surface area contributed by atoms with Crippen molar-refractivity contribution >= 4 is 35.2 Å². The van der Waals surface area contributed by atoms with Crippen LogP contribution >= 0.6 is 23.4 Å².